The molecule has 0 saturated carbocycles. The van der Waals surface area contributed by atoms with Gasteiger partial charge in [0.05, 0.1) is 7.11 Å². The van der Waals surface area contributed by atoms with Gasteiger partial charge in [-0.05, 0) is 37.9 Å². The van der Waals surface area contributed by atoms with E-state index >= 15 is 0 Å². The van der Waals surface area contributed by atoms with Gasteiger partial charge in [0.15, 0.2) is 0 Å². The normalized spacial score (nSPS) is 12.3. The van der Waals surface area contributed by atoms with Crippen molar-refractivity contribution in [1.29, 1.82) is 0 Å². The van der Waals surface area contributed by atoms with Crippen LogP contribution in [0, 0.1) is 6.92 Å². The number of hydrogen-bond acceptors (Lipinski definition) is 3. The fourth-order valence-electron chi connectivity index (χ4n) is 2.29. The minimum Gasteiger partial charge on any atom is -0.496 e. The predicted molar refractivity (Wildman–Crippen MR) is 86.8 cm³/mol. The van der Waals surface area contributed by atoms with Crippen LogP contribution in [0.25, 0.3) is 0 Å². The number of nitrogens with one attached hydrogen (secondary N) is 1. The van der Waals surface area contributed by atoms with Gasteiger partial charge in [-0.2, -0.15) is 0 Å². The molecule has 0 saturated heterocycles. The molecule has 2 aromatic rings. The molecule has 0 aliphatic carbocycles. The largest absolute Gasteiger partial charge is 0.496 e. The van der Waals surface area contributed by atoms with Crippen molar-refractivity contribution in [2.75, 3.05) is 13.7 Å². The summed E-state index contributed by atoms with van der Waals surface area (Å²) in [4.78, 5) is 1.34. The Morgan fingerprint density at radius 2 is 2.15 bits per heavy atom. The molecule has 108 valence electrons. The van der Waals surface area contributed by atoms with E-state index in [4.69, 9.17) is 4.74 Å². The van der Waals surface area contributed by atoms with Gasteiger partial charge in [0.2, 0.25) is 0 Å². The Bertz CT molecular complexity index is 535. The SMILES string of the molecule is CCCNC(Cc1cccc(C)c1)c1cc(OC)cs1. The van der Waals surface area contributed by atoms with Crippen LogP contribution in [0.2, 0.25) is 0 Å². The first-order valence-corrected chi connectivity index (χ1v) is 8.02. The fourth-order valence-corrected chi connectivity index (χ4v) is 3.22. The minimum atomic E-state index is 0.366. The van der Waals surface area contributed by atoms with Crippen LogP contribution in [0.3, 0.4) is 0 Å². The Labute approximate surface area is 125 Å². The van der Waals surface area contributed by atoms with Crippen LogP contribution >= 0.6 is 11.3 Å². The summed E-state index contributed by atoms with van der Waals surface area (Å²) in [5.41, 5.74) is 2.70. The smallest absolute Gasteiger partial charge is 0.129 e. The van der Waals surface area contributed by atoms with Crippen molar-refractivity contribution in [2.45, 2.75) is 32.7 Å². The summed E-state index contributed by atoms with van der Waals surface area (Å²) in [5.74, 6) is 0.956. The number of aryl methyl sites for hydroxylation is 1. The Balaban J connectivity index is 2.14. The summed E-state index contributed by atoms with van der Waals surface area (Å²) in [5, 5.41) is 5.72. The molecule has 1 aromatic carbocycles. The van der Waals surface area contributed by atoms with Crippen LogP contribution < -0.4 is 10.1 Å². The Morgan fingerprint density at radius 3 is 2.80 bits per heavy atom. The first-order chi connectivity index (χ1) is 9.72. The van der Waals surface area contributed by atoms with Crippen LogP contribution in [0.15, 0.2) is 35.7 Å². The number of thiophene rings is 1. The maximum atomic E-state index is 5.30. The molecule has 0 aliphatic rings. The maximum absolute atomic E-state index is 5.30. The highest BCUT2D eigenvalue weighted by molar-refractivity contribution is 7.10. The van der Waals surface area contributed by atoms with Crippen molar-refractivity contribution in [1.82, 2.24) is 5.32 Å². The predicted octanol–water partition coefficient (Wildman–Crippen LogP) is 4.35. The lowest BCUT2D eigenvalue weighted by molar-refractivity contribution is 0.415. The van der Waals surface area contributed by atoms with E-state index in [1.165, 1.54) is 16.0 Å². The highest BCUT2D eigenvalue weighted by atomic mass is 32.1. The molecule has 20 heavy (non-hydrogen) atoms. The second kappa shape index (κ2) is 7.46. The van der Waals surface area contributed by atoms with E-state index in [1.807, 2.05) is 0 Å². The van der Waals surface area contributed by atoms with E-state index in [-0.39, 0.29) is 0 Å². The summed E-state index contributed by atoms with van der Waals surface area (Å²) in [6.07, 6.45) is 2.16. The Hall–Kier alpha value is -1.32. The van der Waals surface area contributed by atoms with Crippen molar-refractivity contribution in [2.24, 2.45) is 0 Å². The van der Waals surface area contributed by atoms with Crippen LogP contribution in [-0.4, -0.2) is 13.7 Å². The number of benzene rings is 1. The van der Waals surface area contributed by atoms with Gasteiger partial charge >= 0.3 is 0 Å². The number of rotatable bonds is 7. The third kappa shape index (κ3) is 4.09. The summed E-state index contributed by atoms with van der Waals surface area (Å²) >= 11 is 1.77. The molecular formula is C17H23NOS. The molecule has 0 fully saturated rings. The molecule has 0 aliphatic heterocycles. The topological polar surface area (TPSA) is 21.3 Å². The van der Waals surface area contributed by atoms with E-state index in [1.54, 1.807) is 18.4 Å². The number of ether oxygens (including phenoxy) is 1. The summed E-state index contributed by atoms with van der Waals surface area (Å²) in [7, 11) is 1.72. The van der Waals surface area contributed by atoms with Crippen molar-refractivity contribution >= 4 is 11.3 Å². The fraction of sp³-hybridized carbons (Fsp3) is 0.412. The molecule has 0 radical (unpaired) electrons. The second-order valence-electron chi connectivity index (χ2n) is 5.09. The second-order valence-corrected chi connectivity index (χ2v) is 6.03. The zero-order valence-electron chi connectivity index (χ0n) is 12.5. The average molecular weight is 289 g/mol. The van der Waals surface area contributed by atoms with Crippen molar-refractivity contribution in [3.63, 3.8) is 0 Å². The highest BCUT2D eigenvalue weighted by Gasteiger charge is 2.14. The molecule has 2 rings (SSSR count). The lowest BCUT2D eigenvalue weighted by Gasteiger charge is -2.17. The first-order valence-electron chi connectivity index (χ1n) is 7.14. The van der Waals surface area contributed by atoms with Gasteiger partial charge in [0, 0.05) is 16.3 Å². The van der Waals surface area contributed by atoms with Gasteiger partial charge < -0.3 is 10.1 Å². The average Bonchev–Trinajstić information content (AvgIpc) is 2.92. The first kappa shape index (κ1) is 15.1. The van der Waals surface area contributed by atoms with Crippen molar-refractivity contribution in [3.8, 4) is 5.75 Å². The third-order valence-corrected chi connectivity index (χ3v) is 4.36. The van der Waals surface area contributed by atoms with Crippen LogP contribution in [0.1, 0.15) is 35.4 Å². The van der Waals surface area contributed by atoms with E-state index in [9.17, 15) is 0 Å². The molecule has 0 amide bonds. The molecule has 1 aromatic heterocycles. The van der Waals surface area contributed by atoms with Gasteiger partial charge in [-0.3, -0.25) is 0 Å². The third-order valence-electron chi connectivity index (χ3n) is 3.34. The monoisotopic (exact) mass is 289 g/mol. The van der Waals surface area contributed by atoms with Gasteiger partial charge in [0.25, 0.3) is 0 Å². The maximum Gasteiger partial charge on any atom is 0.129 e. The van der Waals surface area contributed by atoms with Crippen LogP contribution in [0.5, 0.6) is 5.75 Å². The van der Waals surface area contributed by atoms with E-state index < -0.39 is 0 Å². The standard InChI is InChI=1S/C17H23NOS/c1-4-8-18-16(17-11-15(19-3)12-20-17)10-14-7-5-6-13(2)9-14/h5-7,9,11-12,16,18H,4,8,10H2,1-3H3. The summed E-state index contributed by atoms with van der Waals surface area (Å²) in [6, 6.07) is 11.3. The van der Waals surface area contributed by atoms with E-state index in [0.29, 0.717) is 6.04 Å². The lowest BCUT2D eigenvalue weighted by Crippen LogP contribution is -2.23. The van der Waals surface area contributed by atoms with Gasteiger partial charge in [-0.25, -0.2) is 0 Å². The van der Waals surface area contributed by atoms with Crippen molar-refractivity contribution < 1.29 is 4.74 Å². The van der Waals surface area contributed by atoms with Crippen LogP contribution in [0.4, 0.5) is 0 Å². The lowest BCUT2D eigenvalue weighted by atomic mass is 10.0. The molecule has 0 bridgehead atoms. The highest BCUT2D eigenvalue weighted by Crippen LogP contribution is 2.29. The van der Waals surface area contributed by atoms with E-state index in [0.717, 1.165) is 25.1 Å². The molecule has 1 atom stereocenters. The number of methoxy groups -OCH3 is 1. The van der Waals surface area contributed by atoms with Gasteiger partial charge in [0.1, 0.15) is 5.75 Å². The van der Waals surface area contributed by atoms with Crippen LogP contribution in [-0.2, 0) is 6.42 Å². The molecule has 0 spiro atoms. The summed E-state index contributed by atoms with van der Waals surface area (Å²) in [6.45, 7) is 5.38. The number of hydrogen-bond donors (Lipinski definition) is 1. The quantitative estimate of drug-likeness (QED) is 0.818. The Morgan fingerprint density at radius 1 is 1.30 bits per heavy atom. The molecule has 1 unspecified atom stereocenters. The Kier molecular flexibility index (Phi) is 5.62. The van der Waals surface area contributed by atoms with Gasteiger partial charge in [-0.15, -0.1) is 11.3 Å². The van der Waals surface area contributed by atoms with E-state index in [2.05, 4.69) is 54.9 Å². The zero-order chi connectivity index (χ0) is 14.4. The minimum absolute atomic E-state index is 0.366. The van der Waals surface area contributed by atoms with Gasteiger partial charge in [-0.1, -0.05) is 36.8 Å². The molecular weight excluding hydrogens is 266 g/mol. The molecule has 1 heterocycles. The van der Waals surface area contributed by atoms with Crippen molar-refractivity contribution in [3.05, 3.63) is 51.7 Å². The molecule has 1 N–H and O–H groups in total. The zero-order valence-corrected chi connectivity index (χ0v) is 13.3. The molecule has 2 nitrogen and oxygen atoms in total. The molecule has 3 heteroatoms. The summed E-state index contributed by atoms with van der Waals surface area (Å²) < 4.78 is 5.30.